The Hall–Kier alpha value is -1.30. The summed E-state index contributed by atoms with van der Waals surface area (Å²) in [7, 11) is 3.28. The number of methoxy groups -OCH3 is 2. The first kappa shape index (κ1) is 15.8. The first-order valence-corrected chi connectivity index (χ1v) is 6.34. The fourth-order valence-corrected chi connectivity index (χ4v) is 1.56. The van der Waals surface area contributed by atoms with Crippen molar-refractivity contribution in [3.63, 3.8) is 0 Å². The molecule has 1 unspecified atom stereocenters. The van der Waals surface area contributed by atoms with Gasteiger partial charge >= 0.3 is 0 Å². The van der Waals surface area contributed by atoms with Gasteiger partial charge in [0.1, 0.15) is 6.61 Å². The summed E-state index contributed by atoms with van der Waals surface area (Å²) in [4.78, 5) is 0. The minimum absolute atomic E-state index is 0.252. The largest absolute Gasteiger partial charge is 0.493 e. The van der Waals surface area contributed by atoms with Crippen molar-refractivity contribution in [2.45, 2.75) is 19.6 Å². The molecule has 0 bridgehead atoms. The predicted octanol–water partition coefficient (Wildman–Crippen LogP) is 1.19. The summed E-state index contributed by atoms with van der Waals surface area (Å²) in [5.74, 6) is 1.32. The standard InChI is InChI=1S/C14H23NO4/c1-11(16)10-19-13-5-4-12(8-14(13)18-3)9-15-6-7-17-2/h4-5,8,11,15-16H,6-7,9-10H2,1-3H3. The van der Waals surface area contributed by atoms with Crippen LogP contribution in [-0.4, -0.2) is 45.2 Å². The lowest BCUT2D eigenvalue weighted by atomic mass is 10.2. The Morgan fingerprint density at radius 3 is 2.68 bits per heavy atom. The molecule has 0 aliphatic rings. The highest BCUT2D eigenvalue weighted by Gasteiger charge is 2.07. The zero-order valence-electron chi connectivity index (χ0n) is 11.8. The molecule has 0 saturated carbocycles. The van der Waals surface area contributed by atoms with Crippen molar-refractivity contribution in [1.82, 2.24) is 5.32 Å². The molecule has 0 spiro atoms. The van der Waals surface area contributed by atoms with E-state index in [0.717, 1.165) is 18.7 Å². The fraction of sp³-hybridized carbons (Fsp3) is 0.571. The minimum Gasteiger partial charge on any atom is -0.493 e. The maximum Gasteiger partial charge on any atom is 0.161 e. The number of benzene rings is 1. The summed E-state index contributed by atoms with van der Waals surface area (Å²) in [6.45, 7) is 4.17. The number of aliphatic hydroxyl groups is 1. The average molecular weight is 269 g/mol. The molecule has 0 radical (unpaired) electrons. The van der Waals surface area contributed by atoms with Gasteiger partial charge in [-0.3, -0.25) is 0 Å². The van der Waals surface area contributed by atoms with E-state index in [2.05, 4.69) is 5.32 Å². The Kier molecular flexibility index (Phi) is 7.25. The zero-order valence-corrected chi connectivity index (χ0v) is 11.8. The smallest absolute Gasteiger partial charge is 0.161 e. The van der Waals surface area contributed by atoms with E-state index in [1.54, 1.807) is 21.1 Å². The van der Waals surface area contributed by atoms with Gasteiger partial charge in [-0.1, -0.05) is 6.07 Å². The molecule has 2 N–H and O–H groups in total. The van der Waals surface area contributed by atoms with Crippen LogP contribution in [-0.2, 0) is 11.3 Å². The second-order valence-corrected chi connectivity index (χ2v) is 4.31. The lowest BCUT2D eigenvalue weighted by molar-refractivity contribution is 0.120. The van der Waals surface area contributed by atoms with Gasteiger partial charge in [-0.15, -0.1) is 0 Å². The molecule has 0 aliphatic heterocycles. The lowest BCUT2D eigenvalue weighted by Crippen LogP contribution is -2.18. The van der Waals surface area contributed by atoms with Crippen LogP contribution in [0.2, 0.25) is 0 Å². The Balaban J connectivity index is 2.56. The van der Waals surface area contributed by atoms with Gasteiger partial charge in [0.05, 0.1) is 19.8 Å². The molecule has 0 heterocycles. The molecule has 1 aromatic carbocycles. The van der Waals surface area contributed by atoms with E-state index in [-0.39, 0.29) is 6.61 Å². The number of hydrogen-bond donors (Lipinski definition) is 2. The third kappa shape index (κ3) is 5.92. The van der Waals surface area contributed by atoms with Gasteiger partial charge in [0.25, 0.3) is 0 Å². The van der Waals surface area contributed by atoms with Crippen LogP contribution in [0.25, 0.3) is 0 Å². The van der Waals surface area contributed by atoms with Crippen molar-refractivity contribution in [2.75, 3.05) is 34.0 Å². The second kappa shape index (κ2) is 8.74. The molecular weight excluding hydrogens is 246 g/mol. The molecule has 1 aromatic rings. The lowest BCUT2D eigenvalue weighted by Gasteiger charge is -2.13. The summed E-state index contributed by atoms with van der Waals surface area (Å²) in [6.07, 6.45) is -0.500. The van der Waals surface area contributed by atoms with Gasteiger partial charge in [0.15, 0.2) is 11.5 Å². The van der Waals surface area contributed by atoms with Crippen molar-refractivity contribution in [2.24, 2.45) is 0 Å². The number of nitrogens with one attached hydrogen (secondary N) is 1. The fourth-order valence-electron chi connectivity index (χ4n) is 1.56. The SMILES string of the molecule is COCCNCc1ccc(OCC(C)O)c(OC)c1. The summed E-state index contributed by atoms with van der Waals surface area (Å²) in [5, 5.41) is 12.5. The van der Waals surface area contributed by atoms with Crippen LogP contribution in [0.3, 0.4) is 0 Å². The van der Waals surface area contributed by atoms with Crippen molar-refractivity contribution in [3.05, 3.63) is 23.8 Å². The first-order valence-electron chi connectivity index (χ1n) is 6.34. The molecule has 108 valence electrons. The quantitative estimate of drug-likeness (QED) is 0.659. The van der Waals surface area contributed by atoms with E-state index in [9.17, 15) is 5.11 Å². The molecule has 1 rings (SSSR count). The van der Waals surface area contributed by atoms with Crippen LogP contribution in [0.5, 0.6) is 11.5 Å². The molecule has 0 fully saturated rings. The second-order valence-electron chi connectivity index (χ2n) is 4.31. The molecule has 19 heavy (non-hydrogen) atoms. The topological polar surface area (TPSA) is 60.0 Å². The predicted molar refractivity (Wildman–Crippen MR) is 73.8 cm³/mol. The van der Waals surface area contributed by atoms with Gasteiger partial charge in [0.2, 0.25) is 0 Å². The van der Waals surface area contributed by atoms with Crippen molar-refractivity contribution in [1.29, 1.82) is 0 Å². The van der Waals surface area contributed by atoms with Gasteiger partial charge in [-0.05, 0) is 24.6 Å². The van der Waals surface area contributed by atoms with E-state index in [0.29, 0.717) is 18.1 Å². The van der Waals surface area contributed by atoms with E-state index in [1.807, 2.05) is 18.2 Å². The van der Waals surface area contributed by atoms with Gasteiger partial charge in [0, 0.05) is 20.2 Å². The monoisotopic (exact) mass is 269 g/mol. The normalized spacial score (nSPS) is 12.2. The maximum absolute atomic E-state index is 9.21. The number of rotatable bonds is 9. The summed E-state index contributed by atoms with van der Waals surface area (Å²) >= 11 is 0. The number of aliphatic hydroxyl groups excluding tert-OH is 1. The molecule has 5 heteroatoms. The Labute approximate surface area is 114 Å². The van der Waals surface area contributed by atoms with Gasteiger partial charge < -0.3 is 24.6 Å². The maximum atomic E-state index is 9.21. The third-order valence-electron chi connectivity index (χ3n) is 2.52. The number of ether oxygens (including phenoxy) is 3. The summed E-state index contributed by atoms with van der Waals surface area (Å²) < 4.78 is 15.7. The molecular formula is C14H23NO4. The Morgan fingerprint density at radius 2 is 2.05 bits per heavy atom. The highest BCUT2D eigenvalue weighted by molar-refractivity contribution is 5.42. The molecule has 0 aliphatic carbocycles. The van der Waals surface area contributed by atoms with Crippen LogP contribution >= 0.6 is 0 Å². The van der Waals surface area contributed by atoms with Gasteiger partial charge in [-0.2, -0.15) is 0 Å². The minimum atomic E-state index is -0.500. The van der Waals surface area contributed by atoms with Crippen molar-refractivity contribution < 1.29 is 19.3 Å². The highest BCUT2D eigenvalue weighted by Crippen LogP contribution is 2.28. The van der Waals surface area contributed by atoms with Crippen LogP contribution < -0.4 is 14.8 Å². The summed E-state index contributed by atoms with van der Waals surface area (Å²) in [5.41, 5.74) is 1.11. The van der Waals surface area contributed by atoms with Crippen molar-refractivity contribution in [3.8, 4) is 11.5 Å². The van der Waals surface area contributed by atoms with Crippen LogP contribution in [0.1, 0.15) is 12.5 Å². The molecule has 0 amide bonds. The first-order chi connectivity index (χ1) is 9.17. The van der Waals surface area contributed by atoms with E-state index in [1.165, 1.54) is 0 Å². The zero-order chi connectivity index (χ0) is 14.1. The highest BCUT2D eigenvalue weighted by atomic mass is 16.5. The molecule has 0 aromatic heterocycles. The number of hydrogen-bond acceptors (Lipinski definition) is 5. The van der Waals surface area contributed by atoms with Crippen LogP contribution in [0, 0.1) is 0 Å². The van der Waals surface area contributed by atoms with Crippen LogP contribution in [0.4, 0.5) is 0 Å². The molecule has 1 atom stereocenters. The third-order valence-corrected chi connectivity index (χ3v) is 2.52. The molecule has 0 saturated heterocycles. The Morgan fingerprint density at radius 1 is 1.26 bits per heavy atom. The molecule has 5 nitrogen and oxygen atoms in total. The van der Waals surface area contributed by atoms with Crippen LogP contribution in [0.15, 0.2) is 18.2 Å². The van der Waals surface area contributed by atoms with Crippen molar-refractivity contribution >= 4 is 0 Å². The van der Waals surface area contributed by atoms with E-state index in [4.69, 9.17) is 14.2 Å². The summed E-state index contributed by atoms with van der Waals surface area (Å²) in [6, 6.07) is 5.76. The van der Waals surface area contributed by atoms with E-state index >= 15 is 0 Å². The average Bonchev–Trinajstić information content (AvgIpc) is 2.41. The van der Waals surface area contributed by atoms with E-state index < -0.39 is 6.10 Å². The Bertz CT molecular complexity index is 368. The van der Waals surface area contributed by atoms with Gasteiger partial charge in [-0.25, -0.2) is 0 Å².